The molecule has 4 nitrogen and oxygen atoms in total. The molecule has 0 amide bonds. The molecule has 0 saturated carbocycles. The van der Waals surface area contributed by atoms with Crippen LogP contribution in [0.5, 0.6) is 11.5 Å². The zero-order chi connectivity index (χ0) is 11.6. The molecule has 4 N–H and O–H groups in total. The lowest BCUT2D eigenvalue weighted by Crippen LogP contribution is -2.42. The molecule has 1 aromatic rings. The summed E-state index contributed by atoms with van der Waals surface area (Å²) in [7, 11) is 0. The molecule has 0 spiro atoms. The quantitative estimate of drug-likeness (QED) is 0.568. The number of hydrogen-bond donors (Lipinski definition) is 4. The summed E-state index contributed by atoms with van der Waals surface area (Å²) in [6.07, 6.45) is -0.663. The van der Waals surface area contributed by atoms with Gasteiger partial charge in [0.05, 0.1) is 0 Å². The number of aliphatic hydroxyl groups is 1. The van der Waals surface area contributed by atoms with Crippen LogP contribution in [0, 0.1) is 0 Å². The first-order valence-electron chi connectivity index (χ1n) is 4.80. The van der Waals surface area contributed by atoms with Gasteiger partial charge in [-0.05, 0) is 38.5 Å². The van der Waals surface area contributed by atoms with E-state index in [1.165, 1.54) is 6.07 Å². The number of benzene rings is 1. The standard InChI is InChI=1S/C11H17NO3/c1-7(13)12-11(2,3)8-4-9(14)6-10(15)5-8/h4-7,12-15H,1-3H3. The number of hydrogen-bond acceptors (Lipinski definition) is 4. The zero-order valence-electron chi connectivity index (χ0n) is 9.15. The van der Waals surface area contributed by atoms with Crippen LogP contribution in [0.4, 0.5) is 0 Å². The van der Waals surface area contributed by atoms with Crippen molar-refractivity contribution in [2.45, 2.75) is 32.5 Å². The van der Waals surface area contributed by atoms with Crippen LogP contribution in [0.25, 0.3) is 0 Å². The molecule has 0 bridgehead atoms. The van der Waals surface area contributed by atoms with Crippen LogP contribution in [0.3, 0.4) is 0 Å². The van der Waals surface area contributed by atoms with Crippen molar-refractivity contribution in [1.29, 1.82) is 0 Å². The van der Waals surface area contributed by atoms with Gasteiger partial charge in [0.15, 0.2) is 0 Å². The summed E-state index contributed by atoms with van der Waals surface area (Å²) >= 11 is 0. The Morgan fingerprint density at radius 2 is 1.60 bits per heavy atom. The second-order valence-electron chi connectivity index (χ2n) is 4.18. The van der Waals surface area contributed by atoms with E-state index in [0.717, 1.165) is 0 Å². The molecule has 0 aliphatic heterocycles. The molecule has 1 rings (SSSR count). The Balaban J connectivity index is 3.03. The van der Waals surface area contributed by atoms with E-state index in [2.05, 4.69) is 5.32 Å². The van der Waals surface area contributed by atoms with Crippen molar-refractivity contribution in [3.8, 4) is 11.5 Å². The van der Waals surface area contributed by atoms with Gasteiger partial charge in [-0.3, -0.25) is 5.32 Å². The van der Waals surface area contributed by atoms with Crippen molar-refractivity contribution in [2.24, 2.45) is 0 Å². The normalized spacial score (nSPS) is 13.9. The number of rotatable bonds is 3. The Morgan fingerprint density at radius 1 is 1.13 bits per heavy atom. The third-order valence-corrected chi connectivity index (χ3v) is 2.19. The highest BCUT2D eigenvalue weighted by Gasteiger charge is 2.22. The molecule has 0 fully saturated rings. The number of nitrogens with one attached hydrogen (secondary N) is 1. The average Bonchev–Trinajstić information content (AvgIpc) is 1.99. The maximum absolute atomic E-state index is 9.34. The van der Waals surface area contributed by atoms with Gasteiger partial charge in [0, 0.05) is 11.6 Å². The van der Waals surface area contributed by atoms with E-state index in [9.17, 15) is 15.3 Å². The summed E-state index contributed by atoms with van der Waals surface area (Å²) in [5.74, 6) is 0.0101. The van der Waals surface area contributed by atoms with E-state index in [1.807, 2.05) is 13.8 Å². The van der Waals surface area contributed by atoms with Crippen molar-refractivity contribution < 1.29 is 15.3 Å². The second kappa shape index (κ2) is 4.08. The van der Waals surface area contributed by atoms with Crippen LogP contribution in [-0.2, 0) is 5.54 Å². The lowest BCUT2D eigenvalue weighted by molar-refractivity contribution is 0.117. The SMILES string of the molecule is CC(O)NC(C)(C)c1cc(O)cc(O)c1. The maximum atomic E-state index is 9.34. The van der Waals surface area contributed by atoms with Crippen LogP contribution in [0.15, 0.2) is 18.2 Å². The van der Waals surface area contributed by atoms with Gasteiger partial charge in [0.2, 0.25) is 0 Å². The molecule has 0 aliphatic rings. The Hall–Kier alpha value is -1.26. The number of aliphatic hydroxyl groups excluding tert-OH is 1. The summed E-state index contributed by atoms with van der Waals surface area (Å²) in [6.45, 7) is 5.33. The van der Waals surface area contributed by atoms with E-state index in [4.69, 9.17) is 0 Å². The molecule has 1 aromatic carbocycles. The molecule has 0 aliphatic carbocycles. The fourth-order valence-corrected chi connectivity index (χ4v) is 1.56. The smallest absolute Gasteiger partial charge is 0.119 e. The first kappa shape index (κ1) is 11.8. The monoisotopic (exact) mass is 211 g/mol. The number of aromatic hydroxyl groups is 2. The Morgan fingerprint density at radius 3 is 2.00 bits per heavy atom. The van der Waals surface area contributed by atoms with E-state index in [0.29, 0.717) is 5.56 Å². The minimum atomic E-state index is -0.663. The van der Waals surface area contributed by atoms with Gasteiger partial charge >= 0.3 is 0 Å². The third-order valence-electron chi connectivity index (χ3n) is 2.19. The van der Waals surface area contributed by atoms with Crippen molar-refractivity contribution in [1.82, 2.24) is 5.32 Å². The lowest BCUT2D eigenvalue weighted by atomic mass is 9.93. The predicted molar refractivity (Wildman–Crippen MR) is 57.6 cm³/mol. The zero-order valence-corrected chi connectivity index (χ0v) is 9.15. The van der Waals surface area contributed by atoms with Crippen LogP contribution in [0.2, 0.25) is 0 Å². The molecule has 1 atom stereocenters. The van der Waals surface area contributed by atoms with Crippen LogP contribution >= 0.6 is 0 Å². The molecule has 4 heteroatoms. The average molecular weight is 211 g/mol. The number of phenols is 2. The fraction of sp³-hybridized carbons (Fsp3) is 0.455. The third kappa shape index (κ3) is 3.11. The second-order valence-corrected chi connectivity index (χ2v) is 4.18. The van der Waals surface area contributed by atoms with Crippen molar-refractivity contribution in [3.05, 3.63) is 23.8 Å². The van der Waals surface area contributed by atoms with E-state index in [-0.39, 0.29) is 11.5 Å². The van der Waals surface area contributed by atoms with Gasteiger partial charge in [-0.15, -0.1) is 0 Å². The summed E-state index contributed by atoms with van der Waals surface area (Å²) in [5, 5.41) is 30.9. The van der Waals surface area contributed by atoms with Gasteiger partial charge in [0.25, 0.3) is 0 Å². The Bertz CT molecular complexity index is 327. The van der Waals surface area contributed by atoms with Gasteiger partial charge in [-0.2, -0.15) is 0 Å². The largest absolute Gasteiger partial charge is 0.508 e. The Kier molecular flexibility index (Phi) is 3.21. The van der Waals surface area contributed by atoms with E-state index >= 15 is 0 Å². The van der Waals surface area contributed by atoms with Crippen LogP contribution in [0.1, 0.15) is 26.3 Å². The molecule has 0 radical (unpaired) electrons. The summed E-state index contributed by atoms with van der Waals surface area (Å²) in [4.78, 5) is 0. The van der Waals surface area contributed by atoms with Crippen molar-refractivity contribution >= 4 is 0 Å². The predicted octanol–water partition coefficient (Wildman–Crippen LogP) is 1.26. The maximum Gasteiger partial charge on any atom is 0.119 e. The first-order valence-corrected chi connectivity index (χ1v) is 4.80. The number of phenolic OH excluding ortho intramolecular Hbond substituents is 2. The van der Waals surface area contributed by atoms with Crippen molar-refractivity contribution in [2.75, 3.05) is 0 Å². The topological polar surface area (TPSA) is 72.7 Å². The minimum Gasteiger partial charge on any atom is -0.508 e. The van der Waals surface area contributed by atoms with Gasteiger partial charge < -0.3 is 15.3 Å². The van der Waals surface area contributed by atoms with Gasteiger partial charge in [-0.1, -0.05) is 0 Å². The lowest BCUT2D eigenvalue weighted by Gasteiger charge is -2.29. The van der Waals surface area contributed by atoms with Crippen molar-refractivity contribution in [3.63, 3.8) is 0 Å². The highest BCUT2D eigenvalue weighted by Crippen LogP contribution is 2.28. The molecule has 0 saturated heterocycles. The first-order chi connectivity index (χ1) is 6.81. The van der Waals surface area contributed by atoms with E-state index in [1.54, 1.807) is 19.1 Å². The highest BCUT2D eigenvalue weighted by atomic mass is 16.3. The molecular formula is C11H17NO3. The summed E-state index contributed by atoms with van der Waals surface area (Å²) in [6, 6.07) is 4.37. The molecular weight excluding hydrogens is 194 g/mol. The van der Waals surface area contributed by atoms with Gasteiger partial charge in [-0.25, -0.2) is 0 Å². The van der Waals surface area contributed by atoms with Gasteiger partial charge in [0.1, 0.15) is 17.7 Å². The fourth-order valence-electron chi connectivity index (χ4n) is 1.56. The summed E-state index contributed by atoms with van der Waals surface area (Å²) in [5.41, 5.74) is 0.186. The molecule has 84 valence electrons. The van der Waals surface area contributed by atoms with E-state index < -0.39 is 11.8 Å². The highest BCUT2D eigenvalue weighted by molar-refractivity contribution is 5.39. The molecule has 1 unspecified atom stereocenters. The van der Waals surface area contributed by atoms with Crippen LogP contribution < -0.4 is 5.32 Å². The molecule has 0 heterocycles. The minimum absolute atomic E-state index is 0.00506. The van der Waals surface area contributed by atoms with Crippen LogP contribution in [-0.4, -0.2) is 21.5 Å². The Labute approximate surface area is 89.2 Å². The molecule has 15 heavy (non-hydrogen) atoms. The molecule has 0 aromatic heterocycles. The summed E-state index contributed by atoms with van der Waals surface area (Å²) < 4.78 is 0.